The maximum absolute atomic E-state index is 5.99. The van der Waals surface area contributed by atoms with Crippen LogP contribution in [0.4, 0.5) is 5.69 Å². The number of thioether (sulfide) groups is 1. The van der Waals surface area contributed by atoms with Crippen molar-refractivity contribution < 1.29 is 0 Å². The number of aromatic nitrogens is 2. The van der Waals surface area contributed by atoms with Crippen LogP contribution in [0.1, 0.15) is 5.69 Å². The van der Waals surface area contributed by atoms with Crippen molar-refractivity contribution in [3.05, 3.63) is 47.4 Å². The molecule has 0 spiro atoms. The van der Waals surface area contributed by atoms with E-state index in [-0.39, 0.29) is 0 Å². The first-order valence-corrected chi connectivity index (χ1v) is 6.06. The van der Waals surface area contributed by atoms with Gasteiger partial charge in [-0.2, -0.15) is 0 Å². The minimum atomic E-state index is 0.663. The van der Waals surface area contributed by atoms with Crippen LogP contribution < -0.4 is 5.73 Å². The molecule has 5 heteroatoms. The summed E-state index contributed by atoms with van der Waals surface area (Å²) in [5.74, 6) is 0.710. The number of nitrogen functional groups attached to an aromatic ring is 1. The predicted molar refractivity (Wildman–Crippen MR) is 67.5 cm³/mol. The molecular formula is C11H10ClN3S. The molecule has 0 aliphatic carbocycles. The van der Waals surface area contributed by atoms with Crippen LogP contribution in [-0.4, -0.2) is 9.97 Å². The average molecular weight is 252 g/mol. The van der Waals surface area contributed by atoms with E-state index < -0.39 is 0 Å². The fraction of sp³-hybridized carbons (Fsp3) is 0.0909. The molecule has 0 saturated heterocycles. The molecule has 0 bridgehead atoms. The van der Waals surface area contributed by atoms with Gasteiger partial charge in [-0.05, 0) is 24.3 Å². The molecule has 0 aliphatic rings. The molecule has 0 amide bonds. The molecule has 0 aliphatic heterocycles. The van der Waals surface area contributed by atoms with E-state index >= 15 is 0 Å². The van der Waals surface area contributed by atoms with E-state index in [0.29, 0.717) is 10.8 Å². The Hall–Kier alpha value is -1.26. The third-order valence-electron chi connectivity index (χ3n) is 1.92. The van der Waals surface area contributed by atoms with Gasteiger partial charge in [-0.1, -0.05) is 23.4 Å². The van der Waals surface area contributed by atoms with Crippen LogP contribution in [0.2, 0.25) is 5.02 Å². The van der Waals surface area contributed by atoms with Gasteiger partial charge in [0.2, 0.25) is 0 Å². The first-order valence-electron chi connectivity index (χ1n) is 4.69. The molecule has 0 fully saturated rings. The van der Waals surface area contributed by atoms with Gasteiger partial charge in [0.25, 0.3) is 0 Å². The Morgan fingerprint density at radius 3 is 2.88 bits per heavy atom. The molecule has 2 rings (SSSR count). The van der Waals surface area contributed by atoms with Crippen LogP contribution in [0.3, 0.4) is 0 Å². The molecule has 0 atom stereocenters. The lowest BCUT2D eigenvalue weighted by molar-refractivity contribution is 1.12. The minimum absolute atomic E-state index is 0.663. The van der Waals surface area contributed by atoms with Gasteiger partial charge < -0.3 is 5.73 Å². The van der Waals surface area contributed by atoms with Gasteiger partial charge in [0, 0.05) is 23.8 Å². The number of halogens is 1. The van der Waals surface area contributed by atoms with Crippen LogP contribution in [0.25, 0.3) is 0 Å². The monoisotopic (exact) mass is 251 g/mol. The van der Waals surface area contributed by atoms with Gasteiger partial charge in [-0.25, -0.2) is 4.98 Å². The van der Waals surface area contributed by atoms with Gasteiger partial charge in [0.1, 0.15) is 5.03 Å². The highest BCUT2D eigenvalue weighted by Gasteiger charge is 2.02. The molecule has 0 saturated carbocycles. The second-order valence-corrected chi connectivity index (χ2v) is 4.53. The number of rotatable bonds is 3. The predicted octanol–water partition coefficient (Wildman–Crippen LogP) is 3.00. The lowest BCUT2D eigenvalue weighted by Crippen LogP contribution is -1.91. The summed E-state index contributed by atoms with van der Waals surface area (Å²) >= 11 is 7.54. The number of hydrogen-bond donors (Lipinski definition) is 1. The molecule has 82 valence electrons. The van der Waals surface area contributed by atoms with Gasteiger partial charge in [0.05, 0.1) is 10.7 Å². The first kappa shape index (κ1) is 11.2. The van der Waals surface area contributed by atoms with Crippen molar-refractivity contribution in [3.63, 3.8) is 0 Å². The van der Waals surface area contributed by atoms with Crippen molar-refractivity contribution in [2.45, 2.75) is 10.8 Å². The summed E-state index contributed by atoms with van der Waals surface area (Å²) in [6, 6.07) is 7.25. The fourth-order valence-electron chi connectivity index (χ4n) is 1.20. The first-order chi connectivity index (χ1) is 7.75. The topological polar surface area (TPSA) is 51.8 Å². The van der Waals surface area contributed by atoms with Crippen molar-refractivity contribution in [2.24, 2.45) is 0 Å². The molecule has 3 nitrogen and oxygen atoms in total. The van der Waals surface area contributed by atoms with Gasteiger partial charge in [0.15, 0.2) is 0 Å². The number of nitrogens with zero attached hydrogens (tertiary/aromatic N) is 2. The Morgan fingerprint density at radius 1 is 1.25 bits per heavy atom. The lowest BCUT2D eigenvalue weighted by atomic mass is 10.3. The average Bonchev–Trinajstić information content (AvgIpc) is 2.28. The Labute approximate surface area is 103 Å². The Bertz CT molecular complexity index is 490. The molecule has 2 heterocycles. The molecule has 0 aromatic carbocycles. The van der Waals surface area contributed by atoms with Gasteiger partial charge >= 0.3 is 0 Å². The highest BCUT2D eigenvalue weighted by Crippen LogP contribution is 2.26. The van der Waals surface area contributed by atoms with E-state index in [1.165, 1.54) is 0 Å². The van der Waals surface area contributed by atoms with Crippen molar-refractivity contribution in [1.29, 1.82) is 0 Å². The standard InChI is InChI=1S/C11H10ClN3S/c12-10-2-1-4-15-11(10)16-7-9-6-8(13)3-5-14-9/h1-6H,7H2,(H2,13,14). The van der Waals surface area contributed by atoms with Gasteiger partial charge in [-0.15, -0.1) is 0 Å². The molecule has 2 aromatic heterocycles. The molecule has 2 N–H and O–H groups in total. The molecule has 0 radical (unpaired) electrons. The lowest BCUT2D eigenvalue weighted by Gasteiger charge is -2.02. The van der Waals surface area contributed by atoms with Crippen LogP contribution in [0.5, 0.6) is 0 Å². The minimum Gasteiger partial charge on any atom is -0.399 e. The maximum Gasteiger partial charge on any atom is 0.115 e. The van der Waals surface area contributed by atoms with Crippen LogP contribution >= 0.6 is 23.4 Å². The summed E-state index contributed by atoms with van der Waals surface area (Å²) in [6.45, 7) is 0. The molecule has 16 heavy (non-hydrogen) atoms. The Kier molecular flexibility index (Phi) is 3.64. The van der Waals surface area contributed by atoms with Crippen molar-refractivity contribution in [2.75, 3.05) is 5.73 Å². The van der Waals surface area contributed by atoms with Crippen molar-refractivity contribution in [3.8, 4) is 0 Å². The van der Waals surface area contributed by atoms with Gasteiger partial charge in [-0.3, -0.25) is 4.98 Å². The number of anilines is 1. The SMILES string of the molecule is Nc1ccnc(CSc2ncccc2Cl)c1. The van der Waals surface area contributed by atoms with E-state index in [1.54, 1.807) is 30.2 Å². The smallest absolute Gasteiger partial charge is 0.115 e. The van der Waals surface area contributed by atoms with E-state index in [4.69, 9.17) is 17.3 Å². The number of pyridine rings is 2. The quantitative estimate of drug-likeness (QED) is 0.852. The van der Waals surface area contributed by atoms with Crippen LogP contribution in [0.15, 0.2) is 41.7 Å². The van der Waals surface area contributed by atoms with E-state index in [0.717, 1.165) is 16.4 Å². The third kappa shape index (κ3) is 2.87. The normalized spacial score (nSPS) is 10.3. The number of nitrogens with two attached hydrogens (primary N) is 1. The van der Waals surface area contributed by atoms with E-state index in [2.05, 4.69) is 9.97 Å². The van der Waals surface area contributed by atoms with Crippen LogP contribution in [-0.2, 0) is 5.75 Å². The summed E-state index contributed by atoms with van der Waals surface area (Å²) in [4.78, 5) is 8.40. The summed E-state index contributed by atoms with van der Waals surface area (Å²) in [5.41, 5.74) is 7.31. The molecule has 2 aromatic rings. The Balaban J connectivity index is 2.05. The highest BCUT2D eigenvalue weighted by molar-refractivity contribution is 7.98. The summed E-state index contributed by atoms with van der Waals surface area (Å²) in [7, 11) is 0. The summed E-state index contributed by atoms with van der Waals surface area (Å²) in [6.07, 6.45) is 3.42. The summed E-state index contributed by atoms with van der Waals surface area (Å²) < 4.78 is 0. The third-order valence-corrected chi connectivity index (χ3v) is 3.38. The zero-order valence-electron chi connectivity index (χ0n) is 8.43. The largest absolute Gasteiger partial charge is 0.399 e. The van der Waals surface area contributed by atoms with E-state index in [9.17, 15) is 0 Å². The Morgan fingerprint density at radius 2 is 2.12 bits per heavy atom. The fourth-order valence-corrected chi connectivity index (χ4v) is 2.26. The summed E-state index contributed by atoms with van der Waals surface area (Å²) in [5, 5.41) is 1.48. The second-order valence-electron chi connectivity index (χ2n) is 3.16. The zero-order valence-corrected chi connectivity index (χ0v) is 10.0. The second kappa shape index (κ2) is 5.18. The highest BCUT2D eigenvalue weighted by atomic mass is 35.5. The van der Waals surface area contributed by atoms with E-state index in [1.807, 2.05) is 18.2 Å². The number of hydrogen-bond acceptors (Lipinski definition) is 4. The van der Waals surface area contributed by atoms with Crippen molar-refractivity contribution >= 4 is 29.1 Å². The maximum atomic E-state index is 5.99. The zero-order chi connectivity index (χ0) is 11.4. The van der Waals surface area contributed by atoms with Crippen molar-refractivity contribution in [1.82, 2.24) is 9.97 Å². The van der Waals surface area contributed by atoms with Crippen LogP contribution in [0, 0.1) is 0 Å². The molecule has 0 unspecified atom stereocenters. The molecular weight excluding hydrogens is 242 g/mol.